The van der Waals surface area contributed by atoms with Crippen LogP contribution in [-0.2, 0) is 19.1 Å². The van der Waals surface area contributed by atoms with Crippen LogP contribution in [0.2, 0.25) is 0 Å². The zero-order chi connectivity index (χ0) is 16.5. The first-order chi connectivity index (χ1) is 9.65. The Hall–Kier alpha value is -1.44. The van der Waals surface area contributed by atoms with Crippen LogP contribution in [0.3, 0.4) is 0 Å². The van der Waals surface area contributed by atoms with Crippen LogP contribution in [0.4, 0.5) is 4.79 Å². The Labute approximate surface area is 128 Å². The number of carbonyl (C=O) groups excluding carboxylic acids is 2. The van der Waals surface area contributed by atoms with Gasteiger partial charge in [0, 0.05) is 17.9 Å². The van der Waals surface area contributed by atoms with Crippen molar-refractivity contribution < 1.29 is 29.0 Å². The number of esters is 1. The molecule has 0 aromatic heterocycles. The molecule has 1 amide bonds. The van der Waals surface area contributed by atoms with Crippen molar-refractivity contribution in [2.75, 3.05) is 18.1 Å². The summed E-state index contributed by atoms with van der Waals surface area (Å²) in [5, 5.41) is 11.3. The minimum absolute atomic E-state index is 0.165. The zero-order valence-corrected chi connectivity index (χ0v) is 13.6. The Bertz CT molecular complexity index is 366. The van der Waals surface area contributed by atoms with Gasteiger partial charge in [0.2, 0.25) is 0 Å². The Kier molecular flexibility index (Phi) is 8.84. The van der Waals surface area contributed by atoms with Crippen molar-refractivity contribution in [2.24, 2.45) is 0 Å². The van der Waals surface area contributed by atoms with E-state index in [4.69, 9.17) is 14.6 Å². The maximum absolute atomic E-state index is 11.5. The summed E-state index contributed by atoms with van der Waals surface area (Å²) in [5.41, 5.74) is -0.686. The van der Waals surface area contributed by atoms with E-state index in [-0.39, 0.29) is 18.3 Å². The molecule has 0 aliphatic rings. The maximum atomic E-state index is 11.5. The highest BCUT2D eigenvalue weighted by Crippen LogP contribution is 2.08. The maximum Gasteiger partial charge on any atom is 0.408 e. The lowest BCUT2D eigenvalue weighted by Crippen LogP contribution is -2.45. The Morgan fingerprint density at radius 1 is 1.29 bits per heavy atom. The average Bonchev–Trinajstić information content (AvgIpc) is 2.34. The Morgan fingerprint density at radius 2 is 1.90 bits per heavy atom. The quantitative estimate of drug-likeness (QED) is 0.517. The van der Waals surface area contributed by atoms with E-state index < -0.39 is 23.7 Å². The number of rotatable bonds is 8. The summed E-state index contributed by atoms with van der Waals surface area (Å²) < 4.78 is 9.86. The predicted molar refractivity (Wildman–Crippen MR) is 79.4 cm³/mol. The second kappa shape index (κ2) is 9.49. The highest BCUT2D eigenvalue weighted by Gasteiger charge is 2.23. The summed E-state index contributed by atoms with van der Waals surface area (Å²) in [7, 11) is 0. The number of amides is 1. The molecule has 0 bridgehead atoms. The molecule has 21 heavy (non-hydrogen) atoms. The number of ether oxygens (including phenoxy) is 2. The molecule has 0 radical (unpaired) electrons. The molecule has 2 N–H and O–H groups in total. The fraction of sp³-hybridized carbons (Fsp3) is 0.769. The number of nitrogens with one attached hydrogen (secondary N) is 1. The lowest BCUT2D eigenvalue weighted by molar-refractivity contribution is -0.142. The number of thioether (sulfide) groups is 1. The van der Waals surface area contributed by atoms with Gasteiger partial charge in [-0.05, 0) is 20.8 Å². The minimum Gasteiger partial charge on any atom is -0.480 e. The molecule has 0 fully saturated rings. The topological polar surface area (TPSA) is 102 Å². The first-order valence-corrected chi connectivity index (χ1v) is 7.77. The zero-order valence-electron chi connectivity index (χ0n) is 12.8. The largest absolute Gasteiger partial charge is 0.480 e. The van der Waals surface area contributed by atoms with Crippen molar-refractivity contribution in [3.05, 3.63) is 0 Å². The number of hydrogen-bond donors (Lipinski definition) is 2. The average molecular weight is 321 g/mol. The van der Waals surface area contributed by atoms with Gasteiger partial charge in [0.15, 0.2) is 0 Å². The highest BCUT2D eigenvalue weighted by atomic mass is 32.2. The standard InChI is InChI=1S/C13H23NO6S/c1-5-10(15)19-6-7-21-8-9(11(16)17)14-12(18)20-13(2,3)4/h9H,5-8H2,1-4H3,(H,14,18)(H,16,17)/t9-/m0/s1. The summed E-state index contributed by atoms with van der Waals surface area (Å²) in [4.78, 5) is 33.5. The van der Waals surface area contributed by atoms with Gasteiger partial charge in [-0.3, -0.25) is 4.79 Å². The summed E-state index contributed by atoms with van der Waals surface area (Å²) in [6.45, 7) is 6.99. The van der Waals surface area contributed by atoms with Crippen LogP contribution in [0, 0.1) is 0 Å². The summed E-state index contributed by atoms with van der Waals surface area (Å²) in [5.74, 6) is -0.805. The highest BCUT2D eigenvalue weighted by molar-refractivity contribution is 7.99. The van der Waals surface area contributed by atoms with E-state index in [9.17, 15) is 14.4 Å². The van der Waals surface area contributed by atoms with Gasteiger partial charge in [0.1, 0.15) is 18.2 Å². The monoisotopic (exact) mass is 321 g/mol. The minimum atomic E-state index is -1.14. The lowest BCUT2D eigenvalue weighted by Gasteiger charge is -2.21. The first-order valence-electron chi connectivity index (χ1n) is 6.61. The van der Waals surface area contributed by atoms with Gasteiger partial charge >= 0.3 is 18.0 Å². The number of carboxylic acid groups (broad SMARTS) is 1. The number of hydrogen-bond acceptors (Lipinski definition) is 6. The number of alkyl carbamates (subject to hydrolysis) is 1. The molecule has 1 atom stereocenters. The molecule has 7 nitrogen and oxygen atoms in total. The van der Waals surface area contributed by atoms with Crippen LogP contribution in [0.5, 0.6) is 0 Å². The van der Waals surface area contributed by atoms with E-state index in [0.717, 1.165) is 0 Å². The first kappa shape index (κ1) is 19.6. The molecule has 0 heterocycles. The van der Waals surface area contributed by atoms with Gasteiger partial charge in [-0.25, -0.2) is 9.59 Å². The predicted octanol–water partition coefficient (Wildman–Crippen LogP) is 1.65. The molecule has 0 rings (SSSR count). The van der Waals surface area contributed by atoms with Gasteiger partial charge in [-0.15, -0.1) is 0 Å². The van der Waals surface area contributed by atoms with Crippen LogP contribution in [0.1, 0.15) is 34.1 Å². The van der Waals surface area contributed by atoms with Gasteiger partial charge in [-0.2, -0.15) is 11.8 Å². The van der Waals surface area contributed by atoms with E-state index in [0.29, 0.717) is 12.2 Å². The number of aliphatic carboxylic acids is 1. The van der Waals surface area contributed by atoms with E-state index in [2.05, 4.69) is 5.32 Å². The van der Waals surface area contributed by atoms with Crippen LogP contribution in [-0.4, -0.2) is 52.9 Å². The normalized spacial score (nSPS) is 12.4. The van der Waals surface area contributed by atoms with Crippen molar-refractivity contribution in [2.45, 2.75) is 45.8 Å². The van der Waals surface area contributed by atoms with Crippen LogP contribution in [0.25, 0.3) is 0 Å². The van der Waals surface area contributed by atoms with E-state index >= 15 is 0 Å². The van der Waals surface area contributed by atoms with E-state index in [1.165, 1.54) is 11.8 Å². The van der Waals surface area contributed by atoms with Crippen LogP contribution in [0.15, 0.2) is 0 Å². The molecular weight excluding hydrogens is 298 g/mol. The molecule has 8 heteroatoms. The van der Waals surface area contributed by atoms with Gasteiger partial charge in [-0.1, -0.05) is 6.92 Å². The molecule has 0 aromatic carbocycles. The molecule has 0 aromatic rings. The van der Waals surface area contributed by atoms with Gasteiger partial charge < -0.3 is 19.9 Å². The lowest BCUT2D eigenvalue weighted by atomic mass is 10.2. The molecule has 0 saturated heterocycles. The third-order valence-corrected chi connectivity index (χ3v) is 3.08. The summed E-state index contributed by atoms with van der Waals surface area (Å²) >= 11 is 1.27. The number of carbonyl (C=O) groups is 3. The smallest absolute Gasteiger partial charge is 0.408 e. The molecular formula is C13H23NO6S. The van der Waals surface area contributed by atoms with Crippen molar-refractivity contribution in [1.29, 1.82) is 0 Å². The Morgan fingerprint density at radius 3 is 2.38 bits per heavy atom. The molecule has 0 saturated carbocycles. The van der Waals surface area contributed by atoms with Crippen LogP contribution < -0.4 is 5.32 Å². The summed E-state index contributed by atoms with van der Waals surface area (Å²) in [6.07, 6.45) is -0.462. The van der Waals surface area contributed by atoms with Crippen molar-refractivity contribution in [1.82, 2.24) is 5.32 Å². The van der Waals surface area contributed by atoms with Crippen molar-refractivity contribution in [3.63, 3.8) is 0 Å². The van der Waals surface area contributed by atoms with E-state index in [1.807, 2.05) is 0 Å². The molecule has 0 unspecified atom stereocenters. The molecule has 0 spiro atoms. The SMILES string of the molecule is CCC(=O)OCCSC[C@H](NC(=O)OC(C)(C)C)C(=O)O. The third-order valence-electron chi connectivity index (χ3n) is 2.05. The Balaban J connectivity index is 4.06. The second-order valence-corrected chi connectivity index (χ2v) is 6.34. The molecule has 0 aliphatic carbocycles. The second-order valence-electron chi connectivity index (χ2n) is 5.19. The fourth-order valence-corrected chi connectivity index (χ4v) is 1.97. The molecule has 0 aliphatic heterocycles. The molecule has 122 valence electrons. The number of carboxylic acids is 1. The summed E-state index contributed by atoms with van der Waals surface area (Å²) in [6, 6.07) is -1.05. The van der Waals surface area contributed by atoms with Gasteiger partial charge in [0.25, 0.3) is 0 Å². The van der Waals surface area contributed by atoms with Crippen molar-refractivity contribution >= 4 is 29.8 Å². The van der Waals surface area contributed by atoms with Crippen molar-refractivity contribution in [3.8, 4) is 0 Å². The van der Waals surface area contributed by atoms with E-state index in [1.54, 1.807) is 27.7 Å². The van der Waals surface area contributed by atoms with Crippen LogP contribution >= 0.6 is 11.8 Å². The fourth-order valence-electron chi connectivity index (χ4n) is 1.14. The third kappa shape index (κ3) is 10.9. The van der Waals surface area contributed by atoms with Gasteiger partial charge in [0.05, 0.1) is 0 Å².